The van der Waals surface area contributed by atoms with Crippen LogP contribution in [-0.4, -0.2) is 81.0 Å². The minimum absolute atomic E-state index is 0.178. The lowest BCUT2D eigenvalue weighted by Crippen LogP contribution is -2.61. The van der Waals surface area contributed by atoms with Gasteiger partial charge in [0.15, 0.2) is 0 Å². The SMILES string of the molecule is COC1CN(C2(CN)CCN3CCC2C3)CC1OC. The van der Waals surface area contributed by atoms with Gasteiger partial charge < -0.3 is 20.1 Å². The van der Waals surface area contributed by atoms with Gasteiger partial charge in [-0.15, -0.1) is 0 Å². The molecule has 2 bridgehead atoms. The molecule has 3 heterocycles. The average molecular weight is 269 g/mol. The fourth-order valence-electron chi connectivity index (χ4n) is 4.40. The molecule has 3 aliphatic rings. The highest BCUT2D eigenvalue weighted by atomic mass is 16.5. The molecule has 3 saturated heterocycles. The van der Waals surface area contributed by atoms with Crippen molar-refractivity contribution in [2.45, 2.75) is 30.6 Å². The number of methoxy groups -OCH3 is 2. The summed E-state index contributed by atoms with van der Waals surface area (Å²) in [4.78, 5) is 5.15. The first kappa shape index (κ1) is 13.8. The minimum Gasteiger partial charge on any atom is -0.377 e. The van der Waals surface area contributed by atoms with Crippen LogP contribution >= 0.6 is 0 Å². The monoisotopic (exact) mass is 269 g/mol. The molecule has 0 aliphatic carbocycles. The standard InChI is InChI=1S/C14H27N3O2/c1-18-12-8-17(9-13(12)19-2)14(10-15)4-6-16-5-3-11(14)7-16/h11-13H,3-10,15H2,1-2H3. The lowest BCUT2D eigenvalue weighted by molar-refractivity contribution is -0.00461. The molecule has 5 atom stereocenters. The molecule has 0 amide bonds. The number of hydrogen-bond donors (Lipinski definition) is 1. The molecule has 19 heavy (non-hydrogen) atoms. The Kier molecular flexibility index (Phi) is 3.84. The molecule has 0 radical (unpaired) electrons. The van der Waals surface area contributed by atoms with Gasteiger partial charge in [0.2, 0.25) is 0 Å². The van der Waals surface area contributed by atoms with Crippen LogP contribution in [0.5, 0.6) is 0 Å². The Bertz CT molecular complexity index is 316. The molecule has 110 valence electrons. The van der Waals surface area contributed by atoms with Gasteiger partial charge in [-0.05, 0) is 31.8 Å². The van der Waals surface area contributed by atoms with Gasteiger partial charge in [0.25, 0.3) is 0 Å². The van der Waals surface area contributed by atoms with E-state index < -0.39 is 0 Å². The normalized spacial score (nSPS) is 46.9. The zero-order valence-electron chi connectivity index (χ0n) is 12.2. The van der Waals surface area contributed by atoms with E-state index in [1.165, 1.54) is 32.5 Å². The second-order valence-corrected chi connectivity index (χ2v) is 6.30. The first-order chi connectivity index (χ1) is 9.23. The van der Waals surface area contributed by atoms with Crippen LogP contribution in [0.15, 0.2) is 0 Å². The molecule has 3 fully saturated rings. The van der Waals surface area contributed by atoms with Crippen LogP contribution in [0.25, 0.3) is 0 Å². The van der Waals surface area contributed by atoms with Gasteiger partial charge in [-0.3, -0.25) is 4.90 Å². The largest absolute Gasteiger partial charge is 0.377 e. The summed E-state index contributed by atoms with van der Waals surface area (Å²) in [6.07, 6.45) is 2.87. The molecule has 0 aromatic carbocycles. The average Bonchev–Trinajstić information content (AvgIpc) is 3.05. The second kappa shape index (κ2) is 5.30. The molecule has 5 heteroatoms. The second-order valence-electron chi connectivity index (χ2n) is 6.30. The zero-order valence-corrected chi connectivity index (χ0v) is 12.2. The van der Waals surface area contributed by atoms with Gasteiger partial charge in [0, 0.05) is 45.9 Å². The number of hydrogen-bond acceptors (Lipinski definition) is 5. The third-order valence-corrected chi connectivity index (χ3v) is 5.70. The van der Waals surface area contributed by atoms with E-state index in [4.69, 9.17) is 15.2 Å². The van der Waals surface area contributed by atoms with E-state index in [0.29, 0.717) is 0 Å². The zero-order chi connectivity index (χ0) is 13.5. The summed E-state index contributed by atoms with van der Waals surface area (Å²) in [7, 11) is 3.57. The number of likely N-dealkylation sites (tertiary alicyclic amines) is 1. The summed E-state index contributed by atoms with van der Waals surface area (Å²) < 4.78 is 11.2. The summed E-state index contributed by atoms with van der Waals surface area (Å²) in [5, 5.41) is 0. The van der Waals surface area contributed by atoms with Crippen molar-refractivity contribution in [3.63, 3.8) is 0 Å². The van der Waals surface area contributed by atoms with Crippen LogP contribution < -0.4 is 5.73 Å². The fraction of sp³-hybridized carbons (Fsp3) is 1.00. The molecule has 5 unspecified atom stereocenters. The van der Waals surface area contributed by atoms with Crippen LogP contribution in [0.3, 0.4) is 0 Å². The van der Waals surface area contributed by atoms with Crippen molar-refractivity contribution < 1.29 is 9.47 Å². The van der Waals surface area contributed by atoms with E-state index in [0.717, 1.165) is 25.6 Å². The number of rotatable bonds is 4. The van der Waals surface area contributed by atoms with E-state index in [-0.39, 0.29) is 17.7 Å². The van der Waals surface area contributed by atoms with Crippen molar-refractivity contribution in [2.75, 3.05) is 53.5 Å². The summed E-state index contributed by atoms with van der Waals surface area (Å²) >= 11 is 0. The summed E-state index contributed by atoms with van der Waals surface area (Å²) in [5.74, 6) is 0.722. The van der Waals surface area contributed by atoms with Crippen molar-refractivity contribution in [1.29, 1.82) is 0 Å². The molecule has 0 aromatic rings. The van der Waals surface area contributed by atoms with Crippen molar-refractivity contribution in [3.8, 4) is 0 Å². The Labute approximate surface area is 116 Å². The van der Waals surface area contributed by atoms with Gasteiger partial charge in [-0.2, -0.15) is 0 Å². The van der Waals surface area contributed by atoms with E-state index in [2.05, 4.69) is 9.80 Å². The third-order valence-electron chi connectivity index (χ3n) is 5.70. The van der Waals surface area contributed by atoms with Crippen LogP contribution in [-0.2, 0) is 9.47 Å². The van der Waals surface area contributed by atoms with Crippen LogP contribution in [0.4, 0.5) is 0 Å². The van der Waals surface area contributed by atoms with Gasteiger partial charge in [-0.1, -0.05) is 0 Å². The first-order valence-electron chi connectivity index (χ1n) is 7.46. The van der Waals surface area contributed by atoms with E-state index in [1.807, 2.05) is 0 Å². The molecule has 0 spiro atoms. The lowest BCUT2D eigenvalue weighted by Gasteiger charge is -2.48. The topological polar surface area (TPSA) is 51.0 Å². The minimum atomic E-state index is 0.178. The summed E-state index contributed by atoms with van der Waals surface area (Å²) in [6, 6.07) is 0. The first-order valence-corrected chi connectivity index (χ1v) is 7.46. The number of nitrogens with zero attached hydrogens (tertiary/aromatic N) is 2. The van der Waals surface area contributed by atoms with Crippen molar-refractivity contribution >= 4 is 0 Å². The quantitative estimate of drug-likeness (QED) is 0.763. The maximum Gasteiger partial charge on any atom is 0.0972 e. The van der Waals surface area contributed by atoms with Crippen LogP contribution in [0.2, 0.25) is 0 Å². The highest BCUT2D eigenvalue weighted by Crippen LogP contribution is 2.41. The van der Waals surface area contributed by atoms with Crippen LogP contribution in [0, 0.1) is 5.92 Å². The molecular formula is C14H27N3O2. The molecule has 0 saturated carbocycles. The molecule has 0 aromatic heterocycles. The van der Waals surface area contributed by atoms with Gasteiger partial charge >= 0.3 is 0 Å². The Hall–Kier alpha value is -0.200. The van der Waals surface area contributed by atoms with Crippen molar-refractivity contribution in [1.82, 2.24) is 9.80 Å². The summed E-state index contributed by atoms with van der Waals surface area (Å²) in [5.41, 5.74) is 6.41. The molecule has 3 aliphatic heterocycles. The van der Waals surface area contributed by atoms with Crippen molar-refractivity contribution in [2.24, 2.45) is 11.7 Å². The highest BCUT2D eigenvalue weighted by molar-refractivity contribution is 5.08. The molecule has 5 nitrogen and oxygen atoms in total. The Balaban J connectivity index is 1.79. The van der Waals surface area contributed by atoms with E-state index in [1.54, 1.807) is 14.2 Å². The van der Waals surface area contributed by atoms with E-state index >= 15 is 0 Å². The number of nitrogens with two attached hydrogens (primary N) is 1. The Morgan fingerprint density at radius 3 is 2.37 bits per heavy atom. The molecule has 3 rings (SSSR count). The predicted molar refractivity (Wildman–Crippen MR) is 74.1 cm³/mol. The maximum absolute atomic E-state index is 6.23. The van der Waals surface area contributed by atoms with Crippen molar-refractivity contribution in [3.05, 3.63) is 0 Å². The Morgan fingerprint density at radius 2 is 1.79 bits per heavy atom. The maximum atomic E-state index is 6.23. The van der Waals surface area contributed by atoms with Crippen LogP contribution in [0.1, 0.15) is 12.8 Å². The fourth-order valence-corrected chi connectivity index (χ4v) is 4.40. The number of fused-ring (bicyclic) bond motifs is 2. The third kappa shape index (κ3) is 2.12. The molecule has 2 N–H and O–H groups in total. The predicted octanol–water partition coefficient (Wildman–Crippen LogP) is -0.245. The van der Waals surface area contributed by atoms with Gasteiger partial charge in [-0.25, -0.2) is 0 Å². The van der Waals surface area contributed by atoms with Gasteiger partial charge in [0.05, 0.1) is 12.2 Å². The summed E-state index contributed by atoms with van der Waals surface area (Å²) in [6.45, 7) is 6.36. The lowest BCUT2D eigenvalue weighted by atomic mass is 9.77. The smallest absolute Gasteiger partial charge is 0.0972 e. The number of piperidine rings is 1. The van der Waals surface area contributed by atoms with Gasteiger partial charge in [0.1, 0.15) is 0 Å². The van der Waals surface area contributed by atoms with E-state index in [9.17, 15) is 0 Å². The Morgan fingerprint density at radius 1 is 1.11 bits per heavy atom. The highest BCUT2D eigenvalue weighted by Gasteiger charge is 2.52. The number of ether oxygens (including phenoxy) is 2. The molecular weight excluding hydrogens is 242 g/mol.